The standard InChI is InChI=1S/C22H27Cl2N3O/c23-18-13-17(15-27-20(18)24)14-25-11-8-21(19-5-1-4-10-26-19)9-12-28-22(16-21)6-2-3-7-22/h1,4-5,10,13,15,25H,2-3,6-9,11-12,14,16H2/t21-/m0/s1. The minimum atomic E-state index is 0.0589. The van der Waals surface area contributed by atoms with Gasteiger partial charge in [0.05, 0.1) is 10.6 Å². The molecule has 150 valence electrons. The molecule has 4 nitrogen and oxygen atoms in total. The topological polar surface area (TPSA) is 47.0 Å². The summed E-state index contributed by atoms with van der Waals surface area (Å²) in [5.41, 5.74) is 2.39. The Kier molecular flexibility index (Phi) is 6.21. The first-order valence-electron chi connectivity index (χ1n) is 10.2. The molecule has 1 saturated heterocycles. The molecule has 2 aromatic heterocycles. The third kappa shape index (κ3) is 4.35. The van der Waals surface area contributed by atoms with Gasteiger partial charge in [-0.25, -0.2) is 4.98 Å². The molecular weight excluding hydrogens is 393 g/mol. The van der Waals surface area contributed by atoms with Crippen LogP contribution in [0.25, 0.3) is 0 Å². The summed E-state index contributed by atoms with van der Waals surface area (Å²) >= 11 is 12.0. The Balaban J connectivity index is 1.45. The predicted octanol–water partition coefficient (Wildman–Crippen LogP) is 5.32. The molecule has 28 heavy (non-hydrogen) atoms. The van der Waals surface area contributed by atoms with Gasteiger partial charge in [-0.3, -0.25) is 4.98 Å². The van der Waals surface area contributed by atoms with E-state index >= 15 is 0 Å². The first kappa shape index (κ1) is 20.1. The number of pyridine rings is 2. The second kappa shape index (κ2) is 8.66. The van der Waals surface area contributed by atoms with Crippen molar-refractivity contribution in [1.29, 1.82) is 0 Å². The van der Waals surface area contributed by atoms with E-state index in [4.69, 9.17) is 32.9 Å². The molecular formula is C22H27Cl2N3O. The average molecular weight is 420 g/mol. The van der Waals surface area contributed by atoms with Gasteiger partial charge in [-0.15, -0.1) is 0 Å². The lowest BCUT2D eigenvalue weighted by Gasteiger charge is -2.46. The minimum Gasteiger partial charge on any atom is -0.375 e. The van der Waals surface area contributed by atoms with Crippen molar-refractivity contribution in [3.63, 3.8) is 0 Å². The summed E-state index contributed by atoms with van der Waals surface area (Å²) in [5.74, 6) is 0. The molecule has 0 unspecified atom stereocenters. The Morgan fingerprint density at radius 2 is 1.96 bits per heavy atom. The van der Waals surface area contributed by atoms with E-state index in [-0.39, 0.29) is 11.0 Å². The number of nitrogens with zero attached hydrogens (tertiary/aromatic N) is 2. The maximum atomic E-state index is 6.32. The summed E-state index contributed by atoms with van der Waals surface area (Å²) in [6.07, 6.45) is 11.8. The molecule has 2 fully saturated rings. The number of hydrogen-bond donors (Lipinski definition) is 1. The van der Waals surface area contributed by atoms with Gasteiger partial charge < -0.3 is 10.1 Å². The zero-order valence-electron chi connectivity index (χ0n) is 16.1. The van der Waals surface area contributed by atoms with E-state index in [1.54, 1.807) is 6.20 Å². The van der Waals surface area contributed by atoms with Crippen LogP contribution in [0.15, 0.2) is 36.7 Å². The van der Waals surface area contributed by atoms with Crippen molar-refractivity contribution >= 4 is 23.2 Å². The van der Waals surface area contributed by atoms with Crippen LogP contribution in [-0.2, 0) is 16.7 Å². The predicted molar refractivity (Wildman–Crippen MR) is 113 cm³/mol. The normalized spacial score (nSPS) is 23.9. The minimum absolute atomic E-state index is 0.0589. The van der Waals surface area contributed by atoms with Gasteiger partial charge in [0.1, 0.15) is 5.15 Å². The number of nitrogens with one attached hydrogen (secondary N) is 1. The van der Waals surface area contributed by atoms with Crippen LogP contribution in [-0.4, -0.2) is 28.7 Å². The van der Waals surface area contributed by atoms with Gasteiger partial charge in [0.15, 0.2) is 0 Å². The van der Waals surface area contributed by atoms with Crippen LogP contribution < -0.4 is 5.32 Å². The van der Waals surface area contributed by atoms with Crippen LogP contribution in [0.4, 0.5) is 0 Å². The fourth-order valence-corrected chi connectivity index (χ4v) is 5.21. The Morgan fingerprint density at radius 3 is 2.71 bits per heavy atom. The molecule has 1 aliphatic carbocycles. The van der Waals surface area contributed by atoms with Crippen LogP contribution >= 0.6 is 23.2 Å². The summed E-state index contributed by atoms with van der Waals surface area (Å²) < 4.78 is 6.32. The van der Waals surface area contributed by atoms with E-state index in [2.05, 4.69) is 22.4 Å². The summed E-state index contributed by atoms with van der Waals surface area (Å²) in [7, 11) is 0. The van der Waals surface area contributed by atoms with Gasteiger partial charge in [-0.05, 0) is 62.4 Å². The molecule has 2 aliphatic rings. The van der Waals surface area contributed by atoms with E-state index < -0.39 is 0 Å². The lowest BCUT2D eigenvalue weighted by Crippen LogP contribution is -2.47. The zero-order valence-corrected chi connectivity index (χ0v) is 17.6. The first-order chi connectivity index (χ1) is 13.6. The lowest BCUT2D eigenvalue weighted by atomic mass is 9.68. The van der Waals surface area contributed by atoms with Crippen molar-refractivity contribution in [2.75, 3.05) is 13.2 Å². The molecule has 2 aromatic rings. The maximum absolute atomic E-state index is 6.32. The summed E-state index contributed by atoms with van der Waals surface area (Å²) in [5, 5.41) is 4.41. The Hall–Kier alpha value is -1.20. The fourth-order valence-electron chi connectivity index (χ4n) is 4.91. The molecule has 1 atom stereocenters. The van der Waals surface area contributed by atoms with Crippen LogP contribution in [0.1, 0.15) is 56.2 Å². The molecule has 1 aliphatic heterocycles. The molecule has 0 aromatic carbocycles. The van der Waals surface area contributed by atoms with Crippen molar-refractivity contribution in [3.8, 4) is 0 Å². The lowest BCUT2D eigenvalue weighted by molar-refractivity contribution is -0.104. The Morgan fingerprint density at radius 1 is 1.11 bits per heavy atom. The monoisotopic (exact) mass is 419 g/mol. The highest BCUT2D eigenvalue weighted by molar-refractivity contribution is 6.41. The van der Waals surface area contributed by atoms with Gasteiger partial charge in [0.25, 0.3) is 0 Å². The van der Waals surface area contributed by atoms with Crippen molar-refractivity contribution in [2.45, 2.75) is 62.5 Å². The van der Waals surface area contributed by atoms with Crippen LogP contribution in [0, 0.1) is 0 Å². The highest BCUT2D eigenvalue weighted by Crippen LogP contribution is 2.49. The summed E-state index contributed by atoms with van der Waals surface area (Å²) in [6, 6.07) is 8.17. The van der Waals surface area contributed by atoms with Crippen molar-refractivity contribution < 1.29 is 4.74 Å². The van der Waals surface area contributed by atoms with Gasteiger partial charge in [0, 0.05) is 36.7 Å². The molecule has 1 saturated carbocycles. The van der Waals surface area contributed by atoms with Gasteiger partial charge in [-0.2, -0.15) is 0 Å². The van der Waals surface area contributed by atoms with E-state index in [1.807, 2.05) is 18.3 Å². The number of ether oxygens (including phenoxy) is 1. The molecule has 3 heterocycles. The maximum Gasteiger partial charge on any atom is 0.147 e. The number of halogens is 2. The van der Waals surface area contributed by atoms with Gasteiger partial charge in [0.2, 0.25) is 0 Å². The summed E-state index contributed by atoms with van der Waals surface area (Å²) in [6.45, 7) is 2.46. The highest BCUT2D eigenvalue weighted by atomic mass is 35.5. The van der Waals surface area contributed by atoms with Crippen LogP contribution in [0.2, 0.25) is 10.2 Å². The number of rotatable bonds is 6. The number of aromatic nitrogens is 2. The van der Waals surface area contributed by atoms with E-state index in [9.17, 15) is 0 Å². The van der Waals surface area contributed by atoms with Crippen molar-refractivity contribution in [3.05, 3.63) is 58.1 Å². The largest absolute Gasteiger partial charge is 0.375 e. The molecule has 0 radical (unpaired) electrons. The second-order valence-corrected chi connectivity index (χ2v) is 8.97. The highest BCUT2D eigenvalue weighted by Gasteiger charge is 2.48. The molecule has 0 amide bonds. The zero-order chi connectivity index (χ0) is 19.5. The summed E-state index contributed by atoms with van der Waals surface area (Å²) in [4.78, 5) is 8.89. The van der Waals surface area contributed by atoms with E-state index in [0.29, 0.717) is 10.2 Å². The Labute approximate surface area is 177 Å². The van der Waals surface area contributed by atoms with Crippen LogP contribution in [0.5, 0.6) is 0 Å². The smallest absolute Gasteiger partial charge is 0.147 e. The van der Waals surface area contributed by atoms with E-state index in [1.165, 1.54) is 31.4 Å². The Bertz CT molecular complexity index is 796. The number of hydrogen-bond acceptors (Lipinski definition) is 4. The quantitative estimate of drug-likeness (QED) is 0.507. The molecule has 1 N–H and O–H groups in total. The molecule has 6 heteroatoms. The molecule has 1 spiro atoms. The molecule has 0 bridgehead atoms. The SMILES string of the molecule is Clc1cc(CNCC[C@]2(c3ccccn3)CCOC3(CCCC3)C2)cnc1Cl. The third-order valence-electron chi connectivity index (χ3n) is 6.33. The molecule has 4 rings (SSSR count). The average Bonchev–Trinajstić information content (AvgIpc) is 3.16. The van der Waals surface area contributed by atoms with Crippen LogP contribution in [0.3, 0.4) is 0 Å². The van der Waals surface area contributed by atoms with Crippen molar-refractivity contribution in [2.24, 2.45) is 0 Å². The van der Waals surface area contributed by atoms with Gasteiger partial charge in [-0.1, -0.05) is 42.1 Å². The fraction of sp³-hybridized carbons (Fsp3) is 0.545. The van der Waals surface area contributed by atoms with Gasteiger partial charge >= 0.3 is 0 Å². The first-order valence-corrected chi connectivity index (χ1v) is 10.9. The second-order valence-electron chi connectivity index (χ2n) is 8.20. The van der Waals surface area contributed by atoms with Crippen molar-refractivity contribution in [1.82, 2.24) is 15.3 Å². The van der Waals surface area contributed by atoms with E-state index in [0.717, 1.165) is 44.5 Å². The third-order valence-corrected chi connectivity index (χ3v) is 7.02.